The van der Waals surface area contributed by atoms with Crippen molar-refractivity contribution in [3.05, 3.63) is 95.8 Å². The highest BCUT2D eigenvalue weighted by atomic mass is 35.5. The van der Waals surface area contributed by atoms with Crippen LogP contribution in [-0.2, 0) is 10.0 Å². The molecular formula is C28H26ClN3O3S. The molecule has 36 heavy (non-hydrogen) atoms. The van der Waals surface area contributed by atoms with Gasteiger partial charge in [-0.05, 0) is 84.3 Å². The first-order valence-corrected chi connectivity index (χ1v) is 13.5. The number of sulfonamides is 1. The number of pyridine rings is 1. The van der Waals surface area contributed by atoms with Crippen LogP contribution in [0.2, 0.25) is 5.02 Å². The van der Waals surface area contributed by atoms with Crippen molar-refractivity contribution in [3.63, 3.8) is 0 Å². The van der Waals surface area contributed by atoms with Gasteiger partial charge in [0.15, 0.2) is 0 Å². The lowest BCUT2D eigenvalue weighted by Gasteiger charge is -2.46. The van der Waals surface area contributed by atoms with Gasteiger partial charge in [-0.3, -0.25) is 9.78 Å². The zero-order valence-electron chi connectivity index (χ0n) is 20.1. The fourth-order valence-electron chi connectivity index (χ4n) is 4.70. The monoisotopic (exact) mass is 519 g/mol. The van der Waals surface area contributed by atoms with Gasteiger partial charge in [-0.2, -0.15) is 4.31 Å². The molecule has 0 unspecified atom stereocenters. The standard InChI is InChI=1S/C28H26ClN3O3S/c1-28(2)19-31(36(34,35)26-10-8-23-17-25(29)9-7-24(23)18-26)15-16-32(28)27(33)22-5-3-20(4-6-22)21-11-13-30-14-12-21/h3-14,17-18H,15-16,19H2,1-2H3. The van der Waals surface area contributed by atoms with Gasteiger partial charge in [0.2, 0.25) is 10.0 Å². The van der Waals surface area contributed by atoms with Crippen LogP contribution in [0.5, 0.6) is 0 Å². The number of rotatable bonds is 4. The lowest BCUT2D eigenvalue weighted by molar-refractivity contribution is 0.0352. The Bertz CT molecular complexity index is 1540. The number of benzene rings is 3. The summed E-state index contributed by atoms with van der Waals surface area (Å²) in [4.78, 5) is 19.4. The number of hydrogen-bond acceptors (Lipinski definition) is 4. The number of hydrogen-bond donors (Lipinski definition) is 0. The third-order valence-electron chi connectivity index (χ3n) is 6.67. The van der Waals surface area contributed by atoms with E-state index in [-0.39, 0.29) is 23.9 Å². The predicted octanol–water partition coefficient (Wildman–Crippen LogP) is 5.48. The summed E-state index contributed by atoms with van der Waals surface area (Å²) in [7, 11) is -3.73. The van der Waals surface area contributed by atoms with Crippen molar-refractivity contribution in [1.82, 2.24) is 14.2 Å². The van der Waals surface area contributed by atoms with E-state index in [1.54, 1.807) is 41.6 Å². The molecular weight excluding hydrogens is 494 g/mol. The van der Waals surface area contributed by atoms with Crippen molar-refractivity contribution in [2.45, 2.75) is 24.3 Å². The van der Waals surface area contributed by atoms with Crippen molar-refractivity contribution in [2.75, 3.05) is 19.6 Å². The van der Waals surface area contributed by atoms with Gasteiger partial charge in [0.05, 0.1) is 10.4 Å². The van der Waals surface area contributed by atoms with Gasteiger partial charge in [0.1, 0.15) is 0 Å². The Balaban J connectivity index is 1.34. The molecule has 0 spiro atoms. The van der Waals surface area contributed by atoms with Crippen molar-refractivity contribution in [2.24, 2.45) is 0 Å². The Morgan fingerprint density at radius 3 is 2.19 bits per heavy atom. The molecule has 1 aliphatic rings. The van der Waals surface area contributed by atoms with E-state index in [1.165, 1.54) is 4.31 Å². The molecule has 0 radical (unpaired) electrons. The van der Waals surface area contributed by atoms with Crippen LogP contribution in [0.1, 0.15) is 24.2 Å². The largest absolute Gasteiger partial charge is 0.331 e. The molecule has 1 aromatic heterocycles. The number of aromatic nitrogens is 1. The lowest BCUT2D eigenvalue weighted by atomic mass is 9.98. The van der Waals surface area contributed by atoms with Crippen molar-refractivity contribution < 1.29 is 13.2 Å². The Morgan fingerprint density at radius 2 is 1.50 bits per heavy atom. The van der Waals surface area contributed by atoms with Crippen LogP contribution in [0.15, 0.2) is 90.1 Å². The van der Waals surface area contributed by atoms with Gasteiger partial charge in [-0.15, -0.1) is 0 Å². The molecule has 8 heteroatoms. The second kappa shape index (κ2) is 9.32. The maximum atomic E-state index is 13.5. The summed E-state index contributed by atoms with van der Waals surface area (Å²) in [5.74, 6) is -0.110. The van der Waals surface area contributed by atoms with E-state index >= 15 is 0 Å². The molecule has 0 atom stereocenters. The quantitative estimate of drug-likeness (QED) is 0.358. The van der Waals surface area contributed by atoms with E-state index in [0.717, 1.165) is 21.9 Å². The first-order valence-electron chi connectivity index (χ1n) is 11.7. The maximum absolute atomic E-state index is 13.5. The maximum Gasteiger partial charge on any atom is 0.254 e. The summed E-state index contributed by atoms with van der Waals surface area (Å²) < 4.78 is 28.5. The molecule has 0 aliphatic carbocycles. The van der Waals surface area contributed by atoms with E-state index < -0.39 is 15.6 Å². The minimum atomic E-state index is -3.73. The average Bonchev–Trinajstić information content (AvgIpc) is 2.88. The zero-order chi connectivity index (χ0) is 25.5. The first kappa shape index (κ1) is 24.4. The number of carbonyl (C=O) groups is 1. The normalized spacial score (nSPS) is 16.2. The molecule has 0 bridgehead atoms. The molecule has 1 amide bonds. The Labute approximate surface area is 216 Å². The average molecular weight is 520 g/mol. The molecule has 6 nitrogen and oxygen atoms in total. The topological polar surface area (TPSA) is 70.6 Å². The van der Waals surface area contributed by atoms with Gasteiger partial charge >= 0.3 is 0 Å². The van der Waals surface area contributed by atoms with E-state index in [2.05, 4.69) is 4.98 Å². The summed E-state index contributed by atoms with van der Waals surface area (Å²) in [6, 6.07) is 21.8. The third-order valence-corrected chi connectivity index (χ3v) is 8.75. The molecule has 3 aromatic carbocycles. The molecule has 1 fully saturated rings. The minimum absolute atomic E-state index is 0.110. The number of piperazine rings is 1. The van der Waals surface area contributed by atoms with Gasteiger partial charge < -0.3 is 4.90 Å². The van der Waals surface area contributed by atoms with Crippen molar-refractivity contribution in [3.8, 4) is 11.1 Å². The van der Waals surface area contributed by atoms with Crippen molar-refractivity contribution in [1.29, 1.82) is 0 Å². The van der Waals surface area contributed by atoms with Crippen LogP contribution in [-0.4, -0.2) is 53.7 Å². The number of amides is 1. The highest BCUT2D eigenvalue weighted by Gasteiger charge is 2.41. The summed E-state index contributed by atoms with van der Waals surface area (Å²) in [5.41, 5.74) is 1.92. The lowest BCUT2D eigenvalue weighted by Crippen LogP contribution is -2.61. The highest BCUT2D eigenvalue weighted by Crippen LogP contribution is 2.30. The number of carbonyl (C=O) groups excluding carboxylic acids is 1. The van der Waals surface area contributed by atoms with E-state index in [0.29, 0.717) is 17.1 Å². The van der Waals surface area contributed by atoms with Crippen LogP contribution in [0.25, 0.3) is 21.9 Å². The first-order chi connectivity index (χ1) is 17.1. The summed E-state index contributed by atoms with van der Waals surface area (Å²) in [5, 5.41) is 2.29. The molecule has 1 aliphatic heterocycles. The third kappa shape index (κ3) is 4.62. The summed E-state index contributed by atoms with van der Waals surface area (Å²) in [6.45, 7) is 4.54. The molecule has 2 heterocycles. The number of halogens is 1. The van der Waals surface area contributed by atoms with Crippen LogP contribution in [0.3, 0.4) is 0 Å². The predicted molar refractivity (Wildman–Crippen MR) is 143 cm³/mol. The fraction of sp³-hybridized carbons (Fsp3) is 0.214. The fourth-order valence-corrected chi connectivity index (χ4v) is 6.50. The van der Waals surface area contributed by atoms with Gasteiger partial charge in [-0.1, -0.05) is 35.9 Å². The zero-order valence-corrected chi connectivity index (χ0v) is 21.6. The number of fused-ring (bicyclic) bond motifs is 1. The van der Waals surface area contributed by atoms with E-state index in [9.17, 15) is 13.2 Å². The number of nitrogens with zero attached hydrogens (tertiary/aromatic N) is 3. The molecule has 0 saturated carbocycles. The molecule has 5 rings (SSSR count). The molecule has 1 saturated heterocycles. The molecule has 184 valence electrons. The molecule has 4 aromatic rings. The second-order valence-corrected chi connectivity index (χ2v) is 11.9. The summed E-state index contributed by atoms with van der Waals surface area (Å²) in [6.07, 6.45) is 3.47. The minimum Gasteiger partial charge on any atom is -0.331 e. The van der Waals surface area contributed by atoms with Crippen LogP contribution in [0.4, 0.5) is 0 Å². The molecule has 0 N–H and O–H groups in total. The van der Waals surface area contributed by atoms with Crippen LogP contribution < -0.4 is 0 Å². The van der Waals surface area contributed by atoms with Crippen molar-refractivity contribution >= 4 is 38.3 Å². The van der Waals surface area contributed by atoms with E-state index in [1.807, 2.05) is 62.4 Å². The van der Waals surface area contributed by atoms with Gasteiger partial charge in [0.25, 0.3) is 5.91 Å². The van der Waals surface area contributed by atoms with Gasteiger partial charge in [0, 0.05) is 42.6 Å². The van der Waals surface area contributed by atoms with E-state index in [4.69, 9.17) is 11.6 Å². The smallest absolute Gasteiger partial charge is 0.254 e. The van der Waals surface area contributed by atoms with Crippen LogP contribution in [0, 0.1) is 0 Å². The van der Waals surface area contributed by atoms with Crippen LogP contribution >= 0.6 is 11.6 Å². The van der Waals surface area contributed by atoms with Gasteiger partial charge in [-0.25, -0.2) is 8.42 Å². The Morgan fingerprint density at radius 1 is 0.861 bits per heavy atom. The highest BCUT2D eigenvalue weighted by molar-refractivity contribution is 7.89. The SMILES string of the molecule is CC1(C)CN(S(=O)(=O)c2ccc3cc(Cl)ccc3c2)CCN1C(=O)c1ccc(-c2ccncc2)cc1. The Kier molecular flexibility index (Phi) is 6.32. The summed E-state index contributed by atoms with van der Waals surface area (Å²) >= 11 is 6.06. The Hall–Kier alpha value is -3.26. The second-order valence-electron chi connectivity index (χ2n) is 9.57.